The van der Waals surface area contributed by atoms with E-state index < -0.39 is 28.2 Å². The van der Waals surface area contributed by atoms with E-state index in [0.717, 1.165) is 22.5 Å². The summed E-state index contributed by atoms with van der Waals surface area (Å²) in [5, 5.41) is 15.9. The summed E-state index contributed by atoms with van der Waals surface area (Å²) in [6.45, 7) is 1.69. The molecule has 0 unspecified atom stereocenters. The molecule has 0 saturated carbocycles. The Hall–Kier alpha value is -2.68. The molecule has 4 rings (SSSR count). The third kappa shape index (κ3) is 2.81. The molecule has 28 heavy (non-hydrogen) atoms. The summed E-state index contributed by atoms with van der Waals surface area (Å²) in [5.74, 6) is -3.18. The summed E-state index contributed by atoms with van der Waals surface area (Å²) in [6.07, 6.45) is 1.74. The average Bonchev–Trinajstić information content (AvgIpc) is 3.01. The van der Waals surface area contributed by atoms with Crippen molar-refractivity contribution in [3.05, 3.63) is 65.1 Å². The minimum absolute atomic E-state index is 0.0342. The minimum atomic E-state index is -1.24. The maximum atomic E-state index is 14.7. The smallest absolute Gasteiger partial charge is 0.201 e. The second-order valence-electron chi connectivity index (χ2n) is 6.99. The molecule has 2 heterocycles. The maximum absolute atomic E-state index is 14.7. The summed E-state index contributed by atoms with van der Waals surface area (Å²) < 4.78 is 45.5. The van der Waals surface area contributed by atoms with Gasteiger partial charge in [-0.25, -0.2) is 13.2 Å². The first kappa shape index (κ1) is 18.7. The van der Waals surface area contributed by atoms with Crippen LogP contribution in [-0.2, 0) is 12.6 Å². The summed E-state index contributed by atoms with van der Waals surface area (Å²) in [6, 6.07) is 7.18. The molecule has 9 heteroatoms. The van der Waals surface area contributed by atoms with E-state index in [0.29, 0.717) is 6.07 Å². The first-order chi connectivity index (χ1) is 13.2. The molecule has 1 aliphatic rings. The van der Waals surface area contributed by atoms with E-state index in [1.54, 1.807) is 29.2 Å². The van der Waals surface area contributed by atoms with Gasteiger partial charge in [0.05, 0.1) is 22.5 Å². The van der Waals surface area contributed by atoms with Crippen LogP contribution >= 0.6 is 11.9 Å². The Balaban J connectivity index is 1.88. The number of rotatable bonds is 2. The minimum Gasteiger partial charge on any atom is -0.345 e. The van der Waals surface area contributed by atoms with E-state index in [2.05, 4.69) is 10.4 Å². The highest BCUT2D eigenvalue weighted by atomic mass is 32.2. The van der Waals surface area contributed by atoms with E-state index in [1.807, 2.05) is 25.2 Å². The van der Waals surface area contributed by atoms with E-state index in [1.165, 1.54) is 11.9 Å². The second kappa shape index (κ2) is 6.44. The molecule has 0 bridgehead atoms. The number of hydrogen-bond acceptors (Lipinski definition) is 3. The Bertz CT molecular complexity index is 1100. The summed E-state index contributed by atoms with van der Waals surface area (Å²) in [4.78, 5) is 0. The molecule has 1 aromatic heterocycles. The largest absolute Gasteiger partial charge is 0.345 e. The molecule has 0 aliphatic carbocycles. The highest BCUT2D eigenvalue weighted by molar-refractivity contribution is 7.97. The summed E-state index contributed by atoms with van der Waals surface area (Å²) in [7, 11) is 3.56. The number of nitrogens with one attached hydrogen (secondary N) is 2. The Morgan fingerprint density at radius 1 is 1.11 bits per heavy atom. The van der Waals surface area contributed by atoms with Crippen LogP contribution in [0.5, 0.6) is 0 Å². The quantitative estimate of drug-likeness (QED) is 0.499. The topological polar surface area (TPSA) is 56.9 Å². The van der Waals surface area contributed by atoms with Crippen LogP contribution in [-0.4, -0.2) is 27.1 Å². The van der Waals surface area contributed by atoms with Gasteiger partial charge >= 0.3 is 0 Å². The van der Waals surface area contributed by atoms with Crippen LogP contribution < -0.4 is 5.32 Å². The molecular formula is C19H18F3N5S. The predicted molar refractivity (Wildman–Crippen MR) is 103 cm³/mol. The molecule has 2 N–H and O–H groups in total. The first-order valence-electron chi connectivity index (χ1n) is 8.54. The molecule has 2 atom stereocenters. The zero-order valence-corrected chi connectivity index (χ0v) is 16.2. The van der Waals surface area contributed by atoms with E-state index in [9.17, 15) is 13.2 Å². The van der Waals surface area contributed by atoms with Crippen LogP contribution in [0.2, 0.25) is 0 Å². The number of benzene rings is 2. The van der Waals surface area contributed by atoms with Crippen molar-refractivity contribution in [1.29, 1.82) is 5.41 Å². The molecule has 1 saturated heterocycles. The number of guanidine groups is 1. The Morgan fingerprint density at radius 2 is 1.82 bits per heavy atom. The predicted octanol–water partition coefficient (Wildman–Crippen LogP) is 4.07. The van der Waals surface area contributed by atoms with Crippen LogP contribution in [0, 0.1) is 22.9 Å². The fourth-order valence-corrected chi connectivity index (χ4v) is 4.71. The van der Waals surface area contributed by atoms with Crippen LogP contribution in [0.4, 0.5) is 13.2 Å². The molecule has 1 aliphatic heterocycles. The number of hydrogen-bond donors (Lipinski definition) is 2. The van der Waals surface area contributed by atoms with Gasteiger partial charge in [0.15, 0.2) is 11.6 Å². The molecule has 0 spiro atoms. The van der Waals surface area contributed by atoms with Gasteiger partial charge in [-0.2, -0.15) is 5.10 Å². The fraction of sp³-hybridized carbons (Fsp3) is 0.263. The van der Waals surface area contributed by atoms with Gasteiger partial charge in [-0.15, -0.1) is 0 Å². The van der Waals surface area contributed by atoms with Crippen molar-refractivity contribution in [3.8, 4) is 0 Å². The van der Waals surface area contributed by atoms with Crippen molar-refractivity contribution in [2.75, 3.05) is 7.05 Å². The van der Waals surface area contributed by atoms with Crippen LogP contribution in [0.25, 0.3) is 10.9 Å². The molecular weight excluding hydrogens is 387 g/mol. The maximum Gasteiger partial charge on any atom is 0.201 e. The van der Waals surface area contributed by atoms with Gasteiger partial charge in [-0.3, -0.25) is 14.4 Å². The molecule has 5 nitrogen and oxygen atoms in total. The van der Waals surface area contributed by atoms with E-state index >= 15 is 0 Å². The van der Waals surface area contributed by atoms with Crippen molar-refractivity contribution in [2.24, 2.45) is 7.05 Å². The summed E-state index contributed by atoms with van der Waals surface area (Å²) in [5.41, 5.74) is 0.583. The zero-order valence-electron chi connectivity index (χ0n) is 15.4. The molecule has 0 radical (unpaired) electrons. The number of aryl methyl sites for hydroxylation is 1. The lowest BCUT2D eigenvalue weighted by Gasteiger charge is -2.46. The monoisotopic (exact) mass is 405 g/mol. The van der Waals surface area contributed by atoms with Gasteiger partial charge in [0.2, 0.25) is 5.96 Å². The van der Waals surface area contributed by atoms with Gasteiger partial charge in [-0.1, -0.05) is 6.07 Å². The lowest BCUT2D eigenvalue weighted by atomic mass is 9.84. The Morgan fingerprint density at radius 3 is 2.57 bits per heavy atom. The van der Waals surface area contributed by atoms with Crippen molar-refractivity contribution >= 4 is 28.8 Å². The Kier molecular flexibility index (Phi) is 4.29. The van der Waals surface area contributed by atoms with Crippen LogP contribution in [0.3, 0.4) is 0 Å². The number of halogens is 3. The van der Waals surface area contributed by atoms with Crippen molar-refractivity contribution in [2.45, 2.75) is 17.7 Å². The lowest BCUT2D eigenvalue weighted by Crippen LogP contribution is -2.55. The lowest BCUT2D eigenvalue weighted by molar-refractivity contribution is 0.367. The van der Waals surface area contributed by atoms with Gasteiger partial charge in [0, 0.05) is 31.1 Å². The Labute approximate surface area is 164 Å². The van der Waals surface area contributed by atoms with Gasteiger partial charge in [0.25, 0.3) is 0 Å². The molecule has 0 amide bonds. The van der Waals surface area contributed by atoms with E-state index in [-0.39, 0.29) is 11.5 Å². The number of aromatic nitrogens is 2. The molecule has 146 valence electrons. The third-order valence-corrected chi connectivity index (χ3v) is 6.58. The second-order valence-corrected chi connectivity index (χ2v) is 8.22. The van der Waals surface area contributed by atoms with Gasteiger partial charge in [-0.05, 0) is 42.6 Å². The standard InChI is InChI=1S/C19H18F3N5S/c1-19(12-7-14(21)15(22)8-13(12)20)17(28-27(3)18(23)25-19)10-4-5-16-11(6-10)9-24-26(16)2/h4-9,17H,1-3H3,(H2,23,25)/t17-,19-/m1/s1. The molecule has 2 aromatic carbocycles. The van der Waals surface area contributed by atoms with Crippen molar-refractivity contribution < 1.29 is 13.2 Å². The summed E-state index contributed by atoms with van der Waals surface area (Å²) >= 11 is 1.32. The van der Waals surface area contributed by atoms with Crippen LogP contribution in [0.1, 0.15) is 23.3 Å². The van der Waals surface area contributed by atoms with Gasteiger partial charge in [0.1, 0.15) is 5.82 Å². The van der Waals surface area contributed by atoms with Crippen molar-refractivity contribution in [3.63, 3.8) is 0 Å². The van der Waals surface area contributed by atoms with Gasteiger partial charge < -0.3 is 5.32 Å². The first-order valence-corrected chi connectivity index (χ1v) is 9.38. The highest BCUT2D eigenvalue weighted by Crippen LogP contribution is 2.49. The zero-order chi connectivity index (χ0) is 20.2. The van der Waals surface area contributed by atoms with Crippen molar-refractivity contribution in [1.82, 2.24) is 19.4 Å². The van der Waals surface area contributed by atoms with E-state index in [4.69, 9.17) is 5.41 Å². The highest BCUT2D eigenvalue weighted by Gasteiger charge is 2.45. The number of fused-ring (bicyclic) bond motifs is 1. The fourth-order valence-electron chi connectivity index (χ4n) is 3.57. The third-order valence-electron chi connectivity index (χ3n) is 5.12. The normalized spacial score (nSPS) is 22.6. The van der Waals surface area contributed by atoms with Crippen LogP contribution in [0.15, 0.2) is 36.5 Å². The molecule has 3 aromatic rings. The average molecular weight is 405 g/mol. The number of nitrogens with zero attached hydrogens (tertiary/aromatic N) is 3. The molecule has 1 fully saturated rings. The SMILES string of the molecule is CN1S[C@H](c2ccc3c(cnn3C)c2)[C@@](C)(c2cc(F)c(F)cc2F)NC1=N.